The molecule has 0 saturated heterocycles. The fourth-order valence-electron chi connectivity index (χ4n) is 3.75. The zero-order valence-electron chi connectivity index (χ0n) is 19.1. The number of H-pyrrole nitrogens is 1. The van der Waals surface area contributed by atoms with Crippen LogP contribution >= 0.6 is 0 Å². The summed E-state index contributed by atoms with van der Waals surface area (Å²) in [7, 11) is 0. The number of aromatic nitrogens is 1. The number of benzene rings is 2. The Kier molecular flexibility index (Phi) is 7.91. The van der Waals surface area contributed by atoms with Crippen molar-refractivity contribution in [3.8, 4) is 5.75 Å². The molecule has 1 aromatic heterocycles. The van der Waals surface area contributed by atoms with Crippen molar-refractivity contribution in [2.45, 2.75) is 44.8 Å². The van der Waals surface area contributed by atoms with Crippen molar-refractivity contribution in [2.75, 3.05) is 0 Å². The minimum Gasteiger partial charge on any atom is -0.508 e. The summed E-state index contributed by atoms with van der Waals surface area (Å²) in [6, 6.07) is 10.8. The first kappa shape index (κ1) is 24.8. The van der Waals surface area contributed by atoms with Crippen LogP contribution in [0.5, 0.6) is 5.75 Å². The van der Waals surface area contributed by atoms with Crippen molar-refractivity contribution < 1.29 is 24.6 Å². The van der Waals surface area contributed by atoms with E-state index < -0.39 is 35.9 Å². The molecular formula is C25H30N4O5. The molecule has 34 heavy (non-hydrogen) atoms. The van der Waals surface area contributed by atoms with E-state index in [-0.39, 0.29) is 24.5 Å². The Morgan fingerprint density at radius 1 is 0.971 bits per heavy atom. The van der Waals surface area contributed by atoms with E-state index in [9.17, 15) is 24.6 Å². The number of nitrogens with two attached hydrogens (primary N) is 1. The Hall–Kier alpha value is -3.85. The molecule has 3 aromatic rings. The third-order valence-corrected chi connectivity index (χ3v) is 5.69. The van der Waals surface area contributed by atoms with Gasteiger partial charge < -0.3 is 31.6 Å². The summed E-state index contributed by atoms with van der Waals surface area (Å²) < 4.78 is 0. The zero-order valence-corrected chi connectivity index (χ0v) is 19.1. The van der Waals surface area contributed by atoms with Crippen molar-refractivity contribution in [3.05, 3.63) is 65.9 Å². The number of aromatic hydroxyl groups is 1. The lowest BCUT2D eigenvalue weighted by molar-refractivity contribution is -0.143. The van der Waals surface area contributed by atoms with Crippen LogP contribution in [0.15, 0.2) is 54.7 Å². The Morgan fingerprint density at radius 3 is 2.29 bits per heavy atom. The minimum absolute atomic E-state index is 0.0697. The van der Waals surface area contributed by atoms with Crippen LogP contribution in [0.25, 0.3) is 10.9 Å². The number of rotatable bonds is 10. The number of fused-ring (bicyclic) bond motifs is 1. The summed E-state index contributed by atoms with van der Waals surface area (Å²) in [4.78, 5) is 40.6. The quantitative estimate of drug-likeness (QED) is 0.267. The molecule has 9 heteroatoms. The molecule has 2 aromatic carbocycles. The maximum absolute atomic E-state index is 13.0. The normalized spacial score (nSPS) is 13.9. The highest BCUT2D eigenvalue weighted by Crippen LogP contribution is 2.19. The molecular weight excluding hydrogens is 436 g/mol. The number of phenols is 1. The first-order valence-electron chi connectivity index (χ1n) is 11.1. The van der Waals surface area contributed by atoms with Gasteiger partial charge in [0.15, 0.2) is 0 Å². The molecule has 2 amide bonds. The van der Waals surface area contributed by atoms with Gasteiger partial charge in [0, 0.05) is 23.5 Å². The first-order valence-corrected chi connectivity index (χ1v) is 11.1. The van der Waals surface area contributed by atoms with E-state index in [1.807, 2.05) is 24.3 Å². The zero-order chi connectivity index (χ0) is 24.8. The van der Waals surface area contributed by atoms with Gasteiger partial charge in [-0.3, -0.25) is 9.59 Å². The topological polar surface area (TPSA) is 158 Å². The van der Waals surface area contributed by atoms with Gasteiger partial charge in [-0.15, -0.1) is 0 Å². The Bertz CT molecular complexity index is 1160. The summed E-state index contributed by atoms with van der Waals surface area (Å²) >= 11 is 0. The van der Waals surface area contributed by atoms with E-state index >= 15 is 0 Å². The van der Waals surface area contributed by atoms with Crippen LogP contribution in [0.2, 0.25) is 0 Å². The molecule has 1 heterocycles. The van der Waals surface area contributed by atoms with Crippen LogP contribution < -0.4 is 16.4 Å². The standard InChI is InChI=1S/C25H30N4O5/c1-14(2)22(25(33)34)29-24(32)21(11-15-7-9-17(30)10-8-15)28-23(31)19(26)12-16-13-27-20-6-4-3-5-18(16)20/h3-10,13-14,19,21-22,27,30H,11-12,26H2,1-2H3,(H,28,31)(H,29,32)(H,33,34). The van der Waals surface area contributed by atoms with E-state index in [1.54, 1.807) is 32.2 Å². The van der Waals surface area contributed by atoms with Gasteiger partial charge in [0.2, 0.25) is 11.8 Å². The van der Waals surface area contributed by atoms with Gasteiger partial charge in [-0.2, -0.15) is 0 Å². The van der Waals surface area contributed by atoms with Crippen molar-refractivity contribution in [3.63, 3.8) is 0 Å². The fraction of sp³-hybridized carbons (Fsp3) is 0.320. The molecule has 7 N–H and O–H groups in total. The number of carboxylic acid groups (broad SMARTS) is 1. The fourth-order valence-corrected chi connectivity index (χ4v) is 3.75. The minimum atomic E-state index is -1.16. The third kappa shape index (κ3) is 6.14. The number of aliphatic carboxylic acids is 1. The molecule has 0 aliphatic rings. The van der Waals surface area contributed by atoms with Gasteiger partial charge >= 0.3 is 5.97 Å². The summed E-state index contributed by atoms with van der Waals surface area (Å²) in [6.45, 7) is 3.37. The van der Waals surface area contributed by atoms with E-state index in [2.05, 4.69) is 15.6 Å². The smallest absolute Gasteiger partial charge is 0.326 e. The Morgan fingerprint density at radius 2 is 1.65 bits per heavy atom. The summed E-state index contributed by atoms with van der Waals surface area (Å²) in [6.07, 6.45) is 2.16. The summed E-state index contributed by atoms with van der Waals surface area (Å²) in [5, 5.41) is 25.1. The average molecular weight is 467 g/mol. The van der Waals surface area contributed by atoms with Crippen molar-refractivity contribution >= 4 is 28.7 Å². The number of nitrogens with one attached hydrogen (secondary N) is 3. The second-order valence-corrected chi connectivity index (χ2v) is 8.67. The number of aromatic amines is 1. The average Bonchev–Trinajstić information content (AvgIpc) is 3.20. The molecule has 0 saturated carbocycles. The Labute approximate surface area is 197 Å². The summed E-state index contributed by atoms with van der Waals surface area (Å²) in [5.41, 5.74) is 8.67. The van der Waals surface area contributed by atoms with Crippen LogP contribution in [-0.2, 0) is 27.2 Å². The number of hydrogen-bond donors (Lipinski definition) is 6. The van der Waals surface area contributed by atoms with Crippen molar-refractivity contribution in [1.82, 2.24) is 15.6 Å². The van der Waals surface area contributed by atoms with Crippen LogP contribution in [0.3, 0.4) is 0 Å². The van der Waals surface area contributed by atoms with E-state index in [4.69, 9.17) is 5.73 Å². The third-order valence-electron chi connectivity index (χ3n) is 5.69. The molecule has 0 aliphatic heterocycles. The van der Waals surface area contributed by atoms with Crippen LogP contribution in [0.1, 0.15) is 25.0 Å². The molecule has 180 valence electrons. The highest BCUT2D eigenvalue weighted by Gasteiger charge is 2.30. The van der Waals surface area contributed by atoms with Crippen molar-refractivity contribution in [2.24, 2.45) is 11.7 Å². The largest absolute Gasteiger partial charge is 0.508 e. The number of hydrogen-bond acceptors (Lipinski definition) is 5. The molecule has 3 atom stereocenters. The first-order chi connectivity index (χ1) is 16.2. The number of phenolic OH excluding ortho intramolecular Hbond substituents is 1. The molecule has 0 fully saturated rings. The number of para-hydroxylation sites is 1. The second kappa shape index (κ2) is 10.8. The van der Waals surface area contributed by atoms with Crippen LogP contribution in [0.4, 0.5) is 0 Å². The van der Waals surface area contributed by atoms with Gasteiger partial charge in [-0.1, -0.05) is 44.2 Å². The van der Waals surface area contributed by atoms with Crippen LogP contribution in [0, 0.1) is 5.92 Å². The summed E-state index contributed by atoms with van der Waals surface area (Å²) in [5.74, 6) is -2.59. The number of carbonyl (C=O) groups excluding carboxylic acids is 2. The van der Waals surface area contributed by atoms with Crippen molar-refractivity contribution in [1.29, 1.82) is 0 Å². The molecule has 0 aliphatic carbocycles. The monoisotopic (exact) mass is 466 g/mol. The SMILES string of the molecule is CC(C)C(NC(=O)C(Cc1ccc(O)cc1)NC(=O)C(N)Cc1c[nH]c2ccccc12)C(=O)O. The maximum atomic E-state index is 13.0. The highest BCUT2D eigenvalue weighted by atomic mass is 16.4. The van der Waals surface area contributed by atoms with Gasteiger partial charge in [-0.25, -0.2) is 4.79 Å². The highest BCUT2D eigenvalue weighted by molar-refractivity contribution is 5.92. The van der Waals surface area contributed by atoms with Crippen LogP contribution in [-0.4, -0.2) is 51.1 Å². The predicted octanol–water partition coefficient (Wildman–Crippen LogP) is 1.70. The molecule has 3 rings (SSSR count). The number of carboxylic acids is 1. The molecule has 0 spiro atoms. The van der Waals surface area contributed by atoms with Gasteiger partial charge in [-0.05, 0) is 41.7 Å². The molecule has 0 bridgehead atoms. The number of carbonyl (C=O) groups is 3. The lowest BCUT2D eigenvalue weighted by Crippen LogP contribution is -2.56. The molecule has 9 nitrogen and oxygen atoms in total. The van der Waals surface area contributed by atoms with E-state index in [0.29, 0.717) is 5.56 Å². The lowest BCUT2D eigenvalue weighted by atomic mass is 10.0. The predicted molar refractivity (Wildman–Crippen MR) is 128 cm³/mol. The van der Waals surface area contributed by atoms with E-state index in [1.165, 1.54) is 12.1 Å². The van der Waals surface area contributed by atoms with Gasteiger partial charge in [0.25, 0.3) is 0 Å². The Balaban J connectivity index is 1.75. The second-order valence-electron chi connectivity index (χ2n) is 8.67. The van der Waals surface area contributed by atoms with Gasteiger partial charge in [0.1, 0.15) is 17.8 Å². The molecule has 3 unspecified atom stereocenters. The lowest BCUT2D eigenvalue weighted by Gasteiger charge is -2.24. The maximum Gasteiger partial charge on any atom is 0.326 e. The van der Waals surface area contributed by atoms with E-state index in [0.717, 1.165) is 16.5 Å². The molecule has 0 radical (unpaired) electrons. The number of amides is 2. The van der Waals surface area contributed by atoms with Gasteiger partial charge in [0.05, 0.1) is 6.04 Å².